The number of aromatic nitrogens is 5. The van der Waals surface area contributed by atoms with E-state index in [1.165, 1.54) is 22.0 Å². The van der Waals surface area contributed by atoms with Crippen LogP contribution in [-0.4, -0.2) is 37.1 Å². The number of hydrogen-bond donors (Lipinski definition) is 1. The molecule has 0 radical (unpaired) electrons. The Morgan fingerprint density at radius 1 is 0.848 bits per heavy atom. The number of nitrogens with one attached hydrogen (secondary N) is 1. The average Bonchev–Trinajstić information content (AvgIpc) is 3.48. The van der Waals surface area contributed by atoms with Crippen molar-refractivity contribution in [2.24, 2.45) is 0 Å². The van der Waals surface area contributed by atoms with Crippen LogP contribution in [0.25, 0.3) is 16.6 Å². The molecule has 0 amide bonds. The van der Waals surface area contributed by atoms with Gasteiger partial charge in [0, 0.05) is 35.9 Å². The van der Waals surface area contributed by atoms with E-state index in [0.717, 1.165) is 42.7 Å². The first kappa shape index (κ1) is 21.4. The van der Waals surface area contributed by atoms with E-state index in [4.69, 9.17) is 0 Å². The standard InChI is InChI=1S/C26H26N6S/c1-3-10-21(11-4-1)19-31-20-22(24-14-7-8-15-25(24)31)18-27-16-9-17-33-26-28-29-30-32(26)23-12-5-2-6-13-23/h1-8,10-15,20,27H,9,16-19H2. The highest BCUT2D eigenvalue weighted by Crippen LogP contribution is 2.23. The zero-order valence-electron chi connectivity index (χ0n) is 18.3. The van der Waals surface area contributed by atoms with Crippen molar-refractivity contribution in [3.8, 4) is 5.69 Å². The van der Waals surface area contributed by atoms with Crippen LogP contribution in [0.15, 0.2) is 96.3 Å². The topological polar surface area (TPSA) is 60.6 Å². The lowest BCUT2D eigenvalue weighted by Crippen LogP contribution is -2.15. The van der Waals surface area contributed by atoms with E-state index in [1.54, 1.807) is 16.4 Å². The Labute approximate surface area is 197 Å². The van der Waals surface area contributed by atoms with Crippen molar-refractivity contribution in [2.45, 2.75) is 24.7 Å². The molecule has 2 aromatic heterocycles. The molecule has 3 aromatic carbocycles. The number of fused-ring (bicyclic) bond motifs is 1. The molecule has 0 fully saturated rings. The van der Waals surface area contributed by atoms with Gasteiger partial charge in [0.05, 0.1) is 5.69 Å². The molecule has 6 nitrogen and oxygen atoms in total. The van der Waals surface area contributed by atoms with Crippen molar-refractivity contribution in [3.63, 3.8) is 0 Å². The van der Waals surface area contributed by atoms with Gasteiger partial charge in [0.15, 0.2) is 0 Å². The van der Waals surface area contributed by atoms with Crippen LogP contribution in [0, 0.1) is 0 Å². The van der Waals surface area contributed by atoms with Crippen molar-refractivity contribution in [3.05, 3.63) is 102 Å². The smallest absolute Gasteiger partial charge is 0.214 e. The van der Waals surface area contributed by atoms with Gasteiger partial charge in [0.2, 0.25) is 5.16 Å². The first-order valence-electron chi connectivity index (χ1n) is 11.2. The Kier molecular flexibility index (Phi) is 6.79. The summed E-state index contributed by atoms with van der Waals surface area (Å²) >= 11 is 1.69. The highest BCUT2D eigenvalue weighted by Gasteiger charge is 2.10. The molecule has 0 saturated heterocycles. The molecule has 0 bridgehead atoms. The number of nitrogens with zero attached hydrogens (tertiary/aromatic N) is 5. The van der Waals surface area contributed by atoms with Gasteiger partial charge >= 0.3 is 0 Å². The Hall–Kier alpha value is -3.42. The molecule has 0 unspecified atom stereocenters. The molecular weight excluding hydrogens is 428 g/mol. The lowest BCUT2D eigenvalue weighted by molar-refractivity contribution is 0.677. The van der Waals surface area contributed by atoms with Crippen LogP contribution in [0.2, 0.25) is 0 Å². The maximum absolute atomic E-state index is 4.17. The molecule has 166 valence electrons. The largest absolute Gasteiger partial charge is 0.343 e. The fourth-order valence-corrected chi connectivity index (χ4v) is 4.79. The van der Waals surface area contributed by atoms with Crippen LogP contribution >= 0.6 is 11.8 Å². The molecular formula is C26H26N6S. The van der Waals surface area contributed by atoms with E-state index in [-0.39, 0.29) is 0 Å². The fourth-order valence-electron chi connectivity index (χ4n) is 3.96. The lowest BCUT2D eigenvalue weighted by atomic mass is 10.2. The van der Waals surface area contributed by atoms with Crippen LogP contribution < -0.4 is 5.32 Å². The molecule has 0 aliphatic rings. The SMILES string of the molecule is c1ccc(Cn2cc(CNCCCSc3nnnn3-c3ccccc3)c3ccccc32)cc1. The predicted molar refractivity (Wildman–Crippen MR) is 134 cm³/mol. The molecule has 0 spiro atoms. The van der Waals surface area contributed by atoms with Gasteiger partial charge in [0.1, 0.15) is 0 Å². The summed E-state index contributed by atoms with van der Waals surface area (Å²) in [5, 5.41) is 17.9. The summed E-state index contributed by atoms with van der Waals surface area (Å²) in [6, 6.07) is 29.3. The van der Waals surface area contributed by atoms with Crippen molar-refractivity contribution >= 4 is 22.7 Å². The molecule has 7 heteroatoms. The number of para-hydroxylation sites is 2. The number of thioether (sulfide) groups is 1. The minimum absolute atomic E-state index is 0.824. The van der Waals surface area contributed by atoms with Gasteiger partial charge in [-0.2, -0.15) is 4.68 Å². The highest BCUT2D eigenvalue weighted by molar-refractivity contribution is 7.99. The molecule has 5 rings (SSSR count). The summed E-state index contributed by atoms with van der Waals surface area (Å²) in [6.45, 7) is 2.68. The molecule has 0 atom stereocenters. The Balaban J connectivity index is 1.15. The van der Waals surface area contributed by atoms with Gasteiger partial charge in [0.25, 0.3) is 0 Å². The van der Waals surface area contributed by atoms with E-state index in [0.29, 0.717) is 0 Å². The first-order valence-corrected chi connectivity index (χ1v) is 12.1. The molecule has 33 heavy (non-hydrogen) atoms. The van der Waals surface area contributed by atoms with Crippen LogP contribution in [0.1, 0.15) is 17.5 Å². The van der Waals surface area contributed by atoms with E-state index in [1.807, 2.05) is 30.3 Å². The van der Waals surface area contributed by atoms with Gasteiger partial charge < -0.3 is 9.88 Å². The van der Waals surface area contributed by atoms with Gasteiger partial charge in [-0.25, -0.2) is 0 Å². The Bertz CT molecular complexity index is 1300. The number of benzene rings is 3. The Morgan fingerprint density at radius 2 is 1.61 bits per heavy atom. The van der Waals surface area contributed by atoms with Crippen molar-refractivity contribution in [1.82, 2.24) is 30.1 Å². The van der Waals surface area contributed by atoms with E-state index in [2.05, 4.69) is 86.2 Å². The van der Waals surface area contributed by atoms with Crippen molar-refractivity contribution < 1.29 is 0 Å². The third-order valence-electron chi connectivity index (χ3n) is 5.55. The molecule has 2 heterocycles. The zero-order valence-corrected chi connectivity index (χ0v) is 19.2. The van der Waals surface area contributed by atoms with Gasteiger partial charge in [-0.1, -0.05) is 78.5 Å². The first-order chi connectivity index (χ1) is 16.4. The van der Waals surface area contributed by atoms with Crippen molar-refractivity contribution in [2.75, 3.05) is 12.3 Å². The van der Waals surface area contributed by atoms with Crippen LogP contribution in [0.4, 0.5) is 0 Å². The van der Waals surface area contributed by atoms with Gasteiger partial charge in [-0.05, 0) is 52.7 Å². The zero-order chi connectivity index (χ0) is 22.3. The van der Waals surface area contributed by atoms with Crippen LogP contribution in [0.5, 0.6) is 0 Å². The molecule has 1 N–H and O–H groups in total. The molecule has 0 aliphatic carbocycles. The second-order valence-corrected chi connectivity index (χ2v) is 8.93. The van der Waals surface area contributed by atoms with Gasteiger partial charge in [-0.15, -0.1) is 5.10 Å². The predicted octanol–water partition coefficient (Wildman–Crippen LogP) is 4.94. The monoisotopic (exact) mass is 454 g/mol. The molecule has 5 aromatic rings. The maximum atomic E-state index is 4.17. The minimum Gasteiger partial charge on any atom is -0.343 e. The third kappa shape index (κ3) is 5.16. The summed E-state index contributed by atoms with van der Waals surface area (Å²) in [5.74, 6) is 0.954. The second-order valence-electron chi connectivity index (χ2n) is 7.87. The average molecular weight is 455 g/mol. The van der Waals surface area contributed by atoms with Crippen molar-refractivity contribution in [1.29, 1.82) is 0 Å². The molecule has 0 aliphatic heterocycles. The normalized spacial score (nSPS) is 11.3. The quantitative estimate of drug-likeness (QED) is 0.239. The molecule has 0 saturated carbocycles. The summed E-state index contributed by atoms with van der Waals surface area (Å²) in [5.41, 5.74) is 4.91. The van der Waals surface area contributed by atoms with E-state index >= 15 is 0 Å². The van der Waals surface area contributed by atoms with Crippen LogP contribution in [-0.2, 0) is 13.1 Å². The summed E-state index contributed by atoms with van der Waals surface area (Å²) in [4.78, 5) is 0. The highest BCUT2D eigenvalue weighted by atomic mass is 32.2. The summed E-state index contributed by atoms with van der Waals surface area (Å²) in [6.07, 6.45) is 3.32. The number of tetrazole rings is 1. The Morgan fingerprint density at radius 3 is 2.45 bits per heavy atom. The second kappa shape index (κ2) is 10.5. The number of hydrogen-bond acceptors (Lipinski definition) is 5. The number of rotatable bonds is 10. The summed E-state index contributed by atoms with van der Waals surface area (Å²) < 4.78 is 4.14. The van der Waals surface area contributed by atoms with E-state index in [9.17, 15) is 0 Å². The fraction of sp³-hybridized carbons (Fsp3) is 0.192. The van der Waals surface area contributed by atoms with Gasteiger partial charge in [-0.3, -0.25) is 0 Å². The summed E-state index contributed by atoms with van der Waals surface area (Å²) in [7, 11) is 0. The van der Waals surface area contributed by atoms with E-state index < -0.39 is 0 Å². The lowest BCUT2D eigenvalue weighted by Gasteiger charge is -2.05. The van der Waals surface area contributed by atoms with Crippen LogP contribution in [0.3, 0.4) is 0 Å². The minimum atomic E-state index is 0.824. The third-order valence-corrected chi connectivity index (χ3v) is 6.56. The maximum Gasteiger partial charge on any atom is 0.214 e.